The Bertz CT molecular complexity index is 840. The minimum absolute atomic E-state index is 0.122. The zero-order chi connectivity index (χ0) is 18.6. The zero-order valence-electron chi connectivity index (χ0n) is 14.4. The average molecular weight is 380 g/mol. The van der Waals surface area contributed by atoms with Gasteiger partial charge in [0, 0.05) is 32.0 Å². The first-order valence-corrected chi connectivity index (χ1v) is 9.82. The minimum atomic E-state index is -3.84. The van der Waals surface area contributed by atoms with Crippen LogP contribution in [0.3, 0.4) is 0 Å². The fourth-order valence-electron chi connectivity index (χ4n) is 2.99. The summed E-state index contributed by atoms with van der Waals surface area (Å²) in [6.07, 6.45) is 6.67. The van der Waals surface area contributed by atoms with E-state index in [0.29, 0.717) is 6.54 Å². The maximum atomic E-state index is 13.4. The van der Waals surface area contributed by atoms with Gasteiger partial charge in [0.25, 0.3) is 0 Å². The summed E-state index contributed by atoms with van der Waals surface area (Å²) in [6, 6.07) is 3.45. The first kappa shape index (κ1) is 18.5. The van der Waals surface area contributed by atoms with Crippen LogP contribution in [0.2, 0.25) is 0 Å². The Morgan fingerprint density at radius 1 is 1.31 bits per heavy atom. The van der Waals surface area contributed by atoms with E-state index in [9.17, 15) is 12.8 Å². The normalized spacial score (nSPS) is 15.8. The lowest BCUT2D eigenvalue weighted by atomic mass is 9.97. The van der Waals surface area contributed by atoms with Crippen molar-refractivity contribution in [3.8, 4) is 5.75 Å². The van der Waals surface area contributed by atoms with Crippen LogP contribution in [-0.4, -0.2) is 45.1 Å². The second kappa shape index (κ2) is 7.96. The maximum Gasteiger partial charge on any atom is 0.244 e. The standard InChI is InChI=1S/C17H21FN4O3S/c1-25-15-3-2-14(18)10-16(15)26(23,24)21-11-13-4-8-22(9-5-13)17-12-19-6-7-20-17/h2-3,6-7,10,12-13,21H,4-5,8-9,11H2,1H3. The number of halogens is 1. The number of ether oxygens (including phenoxy) is 1. The van der Waals surface area contributed by atoms with Crippen molar-refractivity contribution in [2.75, 3.05) is 31.6 Å². The maximum absolute atomic E-state index is 13.4. The molecule has 2 aromatic rings. The van der Waals surface area contributed by atoms with E-state index in [1.165, 1.54) is 19.2 Å². The molecule has 0 bridgehead atoms. The number of methoxy groups -OCH3 is 1. The van der Waals surface area contributed by atoms with Crippen LogP contribution in [0.5, 0.6) is 5.75 Å². The van der Waals surface area contributed by atoms with Crippen LogP contribution in [0.4, 0.5) is 10.2 Å². The van der Waals surface area contributed by atoms with Crippen LogP contribution in [0.1, 0.15) is 12.8 Å². The Morgan fingerprint density at radius 3 is 2.73 bits per heavy atom. The molecule has 9 heteroatoms. The molecule has 1 saturated heterocycles. The van der Waals surface area contributed by atoms with Crippen LogP contribution in [0.15, 0.2) is 41.7 Å². The van der Waals surface area contributed by atoms with Gasteiger partial charge in [-0.2, -0.15) is 0 Å². The molecule has 0 aliphatic carbocycles. The van der Waals surface area contributed by atoms with Gasteiger partial charge in [-0.25, -0.2) is 22.5 Å². The number of hydrogen-bond donors (Lipinski definition) is 1. The molecule has 2 heterocycles. The molecule has 1 aliphatic rings. The highest BCUT2D eigenvalue weighted by atomic mass is 32.2. The van der Waals surface area contributed by atoms with E-state index >= 15 is 0 Å². The zero-order valence-corrected chi connectivity index (χ0v) is 15.2. The largest absolute Gasteiger partial charge is 0.495 e. The van der Waals surface area contributed by atoms with Gasteiger partial charge in [0.2, 0.25) is 10.0 Å². The molecule has 26 heavy (non-hydrogen) atoms. The molecule has 1 aromatic carbocycles. The van der Waals surface area contributed by atoms with Crippen LogP contribution < -0.4 is 14.4 Å². The van der Waals surface area contributed by atoms with E-state index in [1.807, 2.05) is 0 Å². The van der Waals surface area contributed by atoms with Gasteiger partial charge >= 0.3 is 0 Å². The molecule has 0 atom stereocenters. The summed E-state index contributed by atoms with van der Waals surface area (Å²) >= 11 is 0. The van der Waals surface area contributed by atoms with Crippen molar-refractivity contribution >= 4 is 15.8 Å². The Labute approximate surface area is 152 Å². The fourth-order valence-corrected chi connectivity index (χ4v) is 4.28. The van der Waals surface area contributed by atoms with E-state index in [2.05, 4.69) is 19.6 Å². The number of aromatic nitrogens is 2. The Hall–Kier alpha value is -2.26. The predicted molar refractivity (Wildman–Crippen MR) is 95.1 cm³/mol. The summed E-state index contributed by atoms with van der Waals surface area (Å²) in [6.45, 7) is 1.87. The van der Waals surface area contributed by atoms with E-state index in [-0.39, 0.29) is 16.6 Å². The molecule has 1 aliphatic heterocycles. The van der Waals surface area contributed by atoms with Crippen LogP contribution in [-0.2, 0) is 10.0 Å². The summed E-state index contributed by atoms with van der Waals surface area (Å²) in [5, 5.41) is 0. The minimum Gasteiger partial charge on any atom is -0.495 e. The molecule has 0 unspecified atom stereocenters. The highest BCUT2D eigenvalue weighted by Crippen LogP contribution is 2.25. The number of anilines is 1. The van der Waals surface area contributed by atoms with Crippen molar-refractivity contribution in [3.05, 3.63) is 42.6 Å². The molecular weight excluding hydrogens is 359 g/mol. The molecule has 140 valence electrons. The second-order valence-corrected chi connectivity index (χ2v) is 7.88. The fraction of sp³-hybridized carbons (Fsp3) is 0.412. The molecule has 3 rings (SSSR count). The summed E-state index contributed by atoms with van der Waals surface area (Å²) < 4.78 is 46.1. The lowest BCUT2D eigenvalue weighted by Crippen LogP contribution is -2.39. The molecule has 0 amide bonds. The van der Waals surface area contributed by atoms with Gasteiger partial charge in [0.15, 0.2) is 0 Å². The van der Waals surface area contributed by atoms with E-state index in [4.69, 9.17) is 4.74 Å². The number of rotatable bonds is 6. The SMILES string of the molecule is COc1ccc(F)cc1S(=O)(=O)NCC1CCN(c2cnccn2)CC1. The number of piperidine rings is 1. The summed E-state index contributed by atoms with van der Waals surface area (Å²) in [5.74, 6) is 0.535. The highest BCUT2D eigenvalue weighted by Gasteiger charge is 2.24. The molecule has 0 saturated carbocycles. The Balaban J connectivity index is 1.59. The first-order chi connectivity index (χ1) is 12.5. The van der Waals surface area contributed by atoms with Crippen molar-refractivity contribution in [2.45, 2.75) is 17.7 Å². The highest BCUT2D eigenvalue weighted by molar-refractivity contribution is 7.89. The number of nitrogens with zero attached hydrogens (tertiary/aromatic N) is 3. The van der Waals surface area contributed by atoms with E-state index in [1.54, 1.807) is 18.6 Å². The van der Waals surface area contributed by atoms with Crippen molar-refractivity contribution < 1.29 is 17.5 Å². The molecule has 1 N–H and O–H groups in total. The Kier molecular flexibility index (Phi) is 5.67. The van der Waals surface area contributed by atoms with Gasteiger partial charge in [0.05, 0.1) is 13.3 Å². The van der Waals surface area contributed by atoms with Gasteiger partial charge in [-0.3, -0.25) is 4.98 Å². The lowest BCUT2D eigenvalue weighted by Gasteiger charge is -2.32. The Morgan fingerprint density at radius 2 is 2.08 bits per heavy atom. The number of nitrogens with one attached hydrogen (secondary N) is 1. The molecule has 0 spiro atoms. The van der Waals surface area contributed by atoms with Crippen LogP contribution in [0, 0.1) is 11.7 Å². The van der Waals surface area contributed by atoms with Gasteiger partial charge in [0.1, 0.15) is 22.3 Å². The quantitative estimate of drug-likeness (QED) is 0.823. The van der Waals surface area contributed by atoms with Crippen LogP contribution >= 0.6 is 0 Å². The van der Waals surface area contributed by atoms with Gasteiger partial charge in [-0.1, -0.05) is 0 Å². The van der Waals surface area contributed by atoms with Crippen molar-refractivity contribution in [1.82, 2.24) is 14.7 Å². The molecule has 7 nitrogen and oxygen atoms in total. The lowest BCUT2D eigenvalue weighted by molar-refractivity contribution is 0.394. The van der Waals surface area contributed by atoms with Gasteiger partial charge in [-0.15, -0.1) is 0 Å². The van der Waals surface area contributed by atoms with Crippen LogP contribution in [0.25, 0.3) is 0 Å². The average Bonchev–Trinajstić information content (AvgIpc) is 2.67. The third-order valence-corrected chi connectivity index (χ3v) is 5.91. The molecule has 1 fully saturated rings. The summed E-state index contributed by atoms with van der Waals surface area (Å²) in [4.78, 5) is 10.3. The topological polar surface area (TPSA) is 84.4 Å². The summed E-state index contributed by atoms with van der Waals surface area (Å²) in [5.41, 5.74) is 0. The molecule has 0 radical (unpaired) electrons. The number of hydrogen-bond acceptors (Lipinski definition) is 6. The summed E-state index contributed by atoms with van der Waals surface area (Å²) in [7, 11) is -2.49. The van der Waals surface area contributed by atoms with E-state index in [0.717, 1.165) is 37.8 Å². The molecular formula is C17H21FN4O3S. The van der Waals surface area contributed by atoms with Crippen molar-refractivity contribution in [2.24, 2.45) is 5.92 Å². The third kappa shape index (κ3) is 4.28. The monoisotopic (exact) mass is 380 g/mol. The molecule has 1 aromatic heterocycles. The first-order valence-electron chi connectivity index (χ1n) is 8.34. The van der Waals surface area contributed by atoms with Gasteiger partial charge < -0.3 is 9.64 Å². The van der Waals surface area contributed by atoms with Crippen molar-refractivity contribution in [1.29, 1.82) is 0 Å². The predicted octanol–water partition coefficient (Wildman–Crippen LogP) is 1.82. The smallest absolute Gasteiger partial charge is 0.244 e. The number of benzene rings is 1. The van der Waals surface area contributed by atoms with Crippen molar-refractivity contribution in [3.63, 3.8) is 0 Å². The number of sulfonamides is 1. The van der Waals surface area contributed by atoms with E-state index < -0.39 is 15.8 Å². The van der Waals surface area contributed by atoms with Gasteiger partial charge in [-0.05, 0) is 37.0 Å². The second-order valence-electron chi connectivity index (χ2n) is 6.14. The third-order valence-electron chi connectivity index (χ3n) is 4.47.